The molecule has 140 valence electrons. The van der Waals surface area contributed by atoms with Crippen molar-refractivity contribution >= 4 is 5.91 Å². The smallest absolute Gasteiger partial charge is 0.416 e. The number of likely N-dealkylation sites (N-methyl/N-ethyl adjacent to an activating group) is 1. The number of carbonyl (C=O) groups excluding carboxylic acids is 1. The molecule has 0 N–H and O–H groups in total. The van der Waals surface area contributed by atoms with E-state index in [9.17, 15) is 18.0 Å². The van der Waals surface area contributed by atoms with Gasteiger partial charge in [-0.1, -0.05) is 30.3 Å². The monoisotopic (exact) mass is 374 g/mol. The van der Waals surface area contributed by atoms with Gasteiger partial charge in [0.05, 0.1) is 17.7 Å². The van der Waals surface area contributed by atoms with Crippen molar-refractivity contribution < 1.29 is 22.4 Å². The number of oxazole rings is 1. The number of carbonyl (C=O) groups is 1. The van der Waals surface area contributed by atoms with Gasteiger partial charge >= 0.3 is 6.18 Å². The number of aromatic nitrogens is 1. The molecule has 0 aliphatic carbocycles. The second-order valence-electron chi connectivity index (χ2n) is 6.13. The summed E-state index contributed by atoms with van der Waals surface area (Å²) in [6.45, 7) is 0.209. The van der Waals surface area contributed by atoms with Gasteiger partial charge in [0.25, 0.3) is 0 Å². The van der Waals surface area contributed by atoms with E-state index in [-0.39, 0.29) is 18.9 Å². The van der Waals surface area contributed by atoms with Crippen LogP contribution < -0.4 is 0 Å². The first-order valence-corrected chi connectivity index (χ1v) is 8.23. The van der Waals surface area contributed by atoms with E-state index in [0.29, 0.717) is 17.1 Å². The van der Waals surface area contributed by atoms with Gasteiger partial charge in [0.1, 0.15) is 6.26 Å². The van der Waals surface area contributed by atoms with Crippen LogP contribution in [0.2, 0.25) is 0 Å². The largest absolute Gasteiger partial charge is 0.444 e. The van der Waals surface area contributed by atoms with Gasteiger partial charge in [-0.15, -0.1) is 0 Å². The molecule has 2 aromatic carbocycles. The van der Waals surface area contributed by atoms with Crippen LogP contribution in [0.3, 0.4) is 0 Å². The van der Waals surface area contributed by atoms with Crippen LogP contribution in [-0.2, 0) is 23.9 Å². The predicted molar refractivity (Wildman–Crippen MR) is 93.6 cm³/mol. The van der Waals surface area contributed by atoms with Gasteiger partial charge in [-0.25, -0.2) is 4.98 Å². The molecule has 0 saturated carbocycles. The highest BCUT2D eigenvalue weighted by molar-refractivity contribution is 5.78. The van der Waals surface area contributed by atoms with Crippen molar-refractivity contribution in [1.29, 1.82) is 0 Å². The minimum Gasteiger partial charge on any atom is -0.444 e. The van der Waals surface area contributed by atoms with Crippen LogP contribution in [-0.4, -0.2) is 22.8 Å². The molecule has 0 aliphatic heterocycles. The van der Waals surface area contributed by atoms with E-state index >= 15 is 0 Å². The fraction of sp³-hybridized carbons (Fsp3) is 0.200. The van der Waals surface area contributed by atoms with E-state index in [2.05, 4.69) is 4.98 Å². The van der Waals surface area contributed by atoms with Gasteiger partial charge in [-0.2, -0.15) is 13.2 Å². The minimum absolute atomic E-state index is 0.0491. The topological polar surface area (TPSA) is 46.3 Å². The van der Waals surface area contributed by atoms with E-state index in [1.165, 1.54) is 23.3 Å². The molecular weight excluding hydrogens is 357 g/mol. The summed E-state index contributed by atoms with van der Waals surface area (Å²) in [6.07, 6.45) is -2.89. The standard InChI is InChI=1S/C20H17F3N2O2/c1-25(12-14-7-9-16(10-8-14)20(21,22)23)18(26)11-17-13-27-19(24-17)15-5-3-2-4-6-15/h2-10,13H,11-12H2,1H3. The molecule has 1 aromatic heterocycles. The van der Waals surface area contributed by atoms with Crippen molar-refractivity contribution in [3.05, 3.63) is 77.7 Å². The molecule has 0 atom stereocenters. The van der Waals surface area contributed by atoms with Gasteiger partial charge in [0.2, 0.25) is 11.8 Å². The van der Waals surface area contributed by atoms with Crippen LogP contribution in [0, 0.1) is 0 Å². The molecule has 7 heteroatoms. The Kier molecular flexibility index (Phi) is 5.30. The van der Waals surface area contributed by atoms with Crippen molar-refractivity contribution in [2.75, 3.05) is 7.05 Å². The molecule has 4 nitrogen and oxygen atoms in total. The molecule has 0 spiro atoms. The number of benzene rings is 2. The normalized spacial score (nSPS) is 11.4. The molecular formula is C20H17F3N2O2. The lowest BCUT2D eigenvalue weighted by Crippen LogP contribution is -2.27. The van der Waals surface area contributed by atoms with Crippen LogP contribution >= 0.6 is 0 Å². The quantitative estimate of drug-likeness (QED) is 0.658. The summed E-state index contributed by atoms with van der Waals surface area (Å²) in [7, 11) is 1.60. The van der Waals surface area contributed by atoms with Gasteiger partial charge in [0.15, 0.2) is 0 Å². The molecule has 0 radical (unpaired) electrons. The Morgan fingerprint density at radius 3 is 2.37 bits per heavy atom. The van der Waals surface area contributed by atoms with E-state index < -0.39 is 11.7 Å². The second-order valence-corrected chi connectivity index (χ2v) is 6.13. The number of nitrogens with zero attached hydrogens (tertiary/aromatic N) is 2. The zero-order valence-electron chi connectivity index (χ0n) is 14.5. The van der Waals surface area contributed by atoms with Gasteiger partial charge in [-0.3, -0.25) is 4.79 Å². The van der Waals surface area contributed by atoms with Crippen molar-refractivity contribution in [1.82, 2.24) is 9.88 Å². The summed E-state index contributed by atoms with van der Waals surface area (Å²) in [4.78, 5) is 18.1. The van der Waals surface area contributed by atoms with E-state index in [1.807, 2.05) is 30.3 Å². The molecule has 1 heterocycles. The Hall–Kier alpha value is -3.09. The maximum atomic E-state index is 12.6. The average molecular weight is 374 g/mol. The minimum atomic E-state index is -4.37. The summed E-state index contributed by atoms with van der Waals surface area (Å²) in [5.41, 5.74) is 1.22. The average Bonchev–Trinajstić information content (AvgIpc) is 3.10. The van der Waals surface area contributed by atoms with Gasteiger partial charge in [-0.05, 0) is 29.8 Å². The highest BCUT2D eigenvalue weighted by Crippen LogP contribution is 2.29. The molecule has 3 rings (SSSR count). The fourth-order valence-corrected chi connectivity index (χ4v) is 2.55. The number of hydrogen-bond acceptors (Lipinski definition) is 3. The van der Waals surface area contributed by atoms with Crippen LogP contribution in [0.15, 0.2) is 65.3 Å². The van der Waals surface area contributed by atoms with Crippen LogP contribution in [0.5, 0.6) is 0 Å². The van der Waals surface area contributed by atoms with Crippen molar-refractivity contribution in [2.24, 2.45) is 0 Å². The summed E-state index contributed by atoms with van der Waals surface area (Å²) in [6, 6.07) is 14.1. The lowest BCUT2D eigenvalue weighted by atomic mass is 10.1. The first-order valence-electron chi connectivity index (χ1n) is 8.23. The highest BCUT2D eigenvalue weighted by Gasteiger charge is 2.30. The van der Waals surface area contributed by atoms with E-state index in [1.54, 1.807) is 7.05 Å². The van der Waals surface area contributed by atoms with Crippen LogP contribution in [0.1, 0.15) is 16.8 Å². The maximum absolute atomic E-state index is 12.6. The lowest BCUT2D eigenvalue weighted by molar-refractivity contribution is -0.137. The SMILES string of the molecule is CN(Cc1ccc(C(F)(F)F)cc1)C(=O)Cc1coc(-c2ccccc2)n1. The van der Waals surface area contributed by atoms with Gasteiger partial charge in [0, 0.05) is 19.2 Å². The third-order valence-corrected chi connectivity index (χ3v) is 4.03. The molecule has 27 heavy (non-hydrogen) atoms. The third-order valence-electron chi connectivity index (χ3n) is 4.03. The van der Waals surface area contributed by atoms with E-state index in [0.717, 1.165) is 17.7 Å². The number of amides is 1. The summed E-state index contributed by atoms with van der Waals surface area (Å²) >= 11 is 0. The summed E-state index contributed by atoms with van der Waals surface area (Å²) in [5.74, 6) is 0.228. The Morgan fingerprint density at radius 2 is 1.74 bits per heavy atom. The first kappa shape index (κ1) is 18.7. The van der Waals surface area contributed by atoms with Crippen LogP contribution in [0.4, 0.5) is 13.2 Å². The van der Waals surface area contributed by atoms with Gasteiger partial charge < -0.3 is 9.32 Å². The van der Waals surface area contributed by atoms with Crippen molar-refractivity contribution in [3.63, 3.8) is 0 Å². The van der Waals surface area contributed by atoms with Crippen molar-refractivity contribution in [3.8, 4) is 11.5 Å². The Morgan fingerprint density at radius 1 is 1.07 bits per heavy atom. The highest BCUT2D eigenvalue weighted by atomic mass is 19.4. The summed E-state index contributed by atoms with van der Waals surface area (Å²) < 4.78 is 43.2. The Balaban J connectivity index is 1.60. The number of halogens is 3. The molecule has 0 bridgehead atoms. The van der Waals surface area contributed by atoms with Crippen molar-refractivity contribution in [2.45, 2.75) is 19.1 Å². The van der Waals surface area contributed by atoms with E-state index in [4.69, 9.17) is 4.42 Å². The molecule has 0 unspecified atom stereocenters. The predicted octanol–water partition coefficient (Wildman–Crippen LogP) is 4.56. The first-order chi connectivity index (χ1) is 12.8. The zero-order chi connectivity index (χ0) is 19.4. The molecule has 0 saturated heterocycles. The second kappa shape index (κ2) is 7.65. The fourth-order valence-electron chi connectivity index (χ4n) is 2.55. The molecule has 0 fully saturated rings. The molecule has 0 aliphatic rings. The summed E-state index contributed by atoms with van der Waals surface area (Å²) in [5, 5.41) is 0. The Bertz CT molecular complexity index is 903. The lowest BCUT2D eigenvalue weighted by Gasteiger charge is -2.17. The molecule has 3 aromatic rings. The maximum Gasteiger partial charge on any atom is 0.416 e. The number of alkyl halides is 3. The number of hydrogen-bond donors (Lipinski definition) is 0. The molecule has 1 amide bonds. The Labute approximate surface area is 154 Å². The third kappa shape index (κ3) is 4.75. The van der Waals surface area contributed by atoms with Crippen LogP contribution in [0.25, 0.3) is 11.5 Å². The number of rotatable bonds is 5. The zero-order valence-corrected chi connectivity index (χ0v) is 14.5.